The number of nitrogens with one attached hydrogen (secondary N) is 1. The molecule has 0 unspecified atom stereocenters. The molecule has 4 N–H and O–H groups in total. The number of ketones is 1. The summed E-state index contributed by atoms with van der Waals surface area (Å²) in [4.78, 5) is 26.4. The first-order valence-corrected chi connectivity index (χ1v) is 6.33. The van der Waals surface area contributed by atoms with E-state index in [9.17, 15) is 14.7 Å². The van der Waals surface area contributed by atoms with Gasteiger partial charge in [0.05, 0.1) is 22.1 Å². The van der Waals surface area contributed by atoms with Crippen molar-refractivity contribution >= 4 is 40.5 Å². The number of carbonyl (C=O) groups is 2. The summed E-state index contributed by atoms with van der Waals surface area (Å²) in [5.74, 6) is -0.330. The van der Waals surface area contributed by atoms with Gasteiger partial charge in [-0.25, -0.2) is 9.79 Å². The number of phenolic OH excluding ortho intramolecular Hbond substituents is 1. The maximum atomic E-state index is 11.2. The molecular weight excluding hydrogens is 294 g/mol. The van der Waals surface area contributed by atoms with Crippen LogP contribution in [-0.4, -0.2) is 22.6 Å². The minimum atomic E-state index is -0.797. The number of hydrogen-bond donors (Lipinski definition) is 3. The monoisotopic (exact) mass is 305 g/mol. The summed E-state index contributed by atoms with van der Waals surface area (Å²) in [6.45, 7) is 1.74. The van der Waals surface area contributed by atoms with Gasteiger partial charge in [-0.05, 0) is 36.8 Å². The normalized spacial score (nSPS) is 16.0. The van der Waals surface area contributed by atoms with Gasteiger partial charge in [0.15, 0.2) is 5.78 Å². The first-order chi connectivity index (χ1) is 9.86. The zero-order valence-corrected chi connectivity index (χ0v) is 11.8. The van der Waals surface area contributed by atoms with E-state index in [1.54, 1.807) is 6.92 Å². The number of hydrogen-bond acceptors (Lipinski definition) is 4. The highest BCUT2D eigenvalue weighted by Crippen LogP contribution is 2.32. The number of carbonyl (C=O) groups excluding carboxylic acids is 2. The number of phenols is 1. The third kappa shape index (κ3) is 3.49. The number of aliphatic imine (C=N–C) groups is 1. The molecule has 1 aromatic carbocycles. The summed E-state index contributed by atoms with van der Waals surface area (Å²) in [5, 5.41) is 12.3. The molecule has 0 bridgehead atoms. The lowest BCUT2D eigenvalue weighted by molar-refractivity contribution is -0.110. The van der Waals surface area contributed by atoms with Crippen LogP contribution >= 0.6 is 11.6 Å². The Bertz CT molecular complexity index is 720. The largest absolute Gasteiger partial charge is 0.506 e. The minimum Gasteiger partial charge on any atom is -0.506 e. The first-order valence-electron chi connectivity index (χ1n) is 5.95. The van der Waals surface area contributed by atoms with Crippen LogP contribution < -0.4 is 11.1 Å². The molecule has 0 spiro atoms. The summed E-state index contributed by atoms with van der Waals surface area (Å²) in [5.41, 5.74) is 6.74. The second kappa shape index (κ2) is 5.80. The number of aryl methyl sites for hydroxylation is 1. The van der Waals surface area contributed by atoms with Crippen LogP contribution in [0, 0.1) is 6.92 Å². The number of anilines is 1. The number of rotatable bonds is 2. The number of halogens is 1. The van der Waals surface area contributed by atoms with Crippen LogP contribution in [0.5, 0.6) is 5.75 Å². The van der Waals surface area contributed by atoms with Crippen molar-refractivity contribution in [1.82, 2.24) is 0 Å². The zero-order valence-electron chi connectivity index (χ0n) is 11.1. The number of nitrogens with zero attached hydrogens (tertiary/aromatic N) is 1. The van der Waals surface area contributed by atoms with Gasteiger partial charge in [0.25, 0.3) is 0 Å². The molecule has 0 saturated carbocycles. The standard InChI is InChI=1S/C14H12ClN3O3/c1-7-4-13(20)12(18-14(16)21)6-11(7)17-10-3-2-8(19)5-9(10)15/h2-6,20H,1H3,(H3,16,18,21). The van der Waals surface area contributed by atoms with Gasteiger partial charge in [-0.2, -0.15) is 0 Å². The van der Waals surface area contributed by atoms with E-state index >= 15 is 0 Å². The fraction of sp³-hybridized carbons (Fsp3) is 0.0714. The number of amides is 2. The molecule has 1 aliphatic carbocycles. The highest BCUT2D eigenvalue weighted by Gasteiger charge is 2.12. The van der Waals surface area contributed by atoms with Crippen LogP contribution in [0.15, 0.2) is 40.4 Å². The Morgan fingerprint density at radius 2 is 2.10 bits per heavy atom. The van der Waals surface area contributed by atoms with Crippen molar-refractivity contribution in [2.75, 3.05) is 5.32 Å². The Labute approximate surface area is 125 Å². The van der Waals surface area contributed by atoms with E-state index in [0.717, 1.165) is 0 Å². The number of urea groups is 1. The Kier molecular flexibility index (Phi) is 4.09. The molecule has 1 aliphatic rings. The van der Waals surface area contributed by atoms with Crippen molar-refractivity contribution in [2.45, 2.75) is 6.92 Å². The van der Waals surface area contributed by atoms with Gasteiger partial charge in [0, 0.05) is 6.08 Å². The summed E-state index contributed by atoms with van der Waals surface area (Å²) in [6, 6.07) is 2.12. The third-order valence-corrected chi connectivity index (χ3v) is 3.03. The second-order valence-corrected chi connectivity index (χ2v) is 4.78. The fourth-order valence-electron chi connectivity index (χ4n) is 1.74. The average molecular weight is 306 g/mol. The summed E-state index contributed by atoms with van der Waals surface area (Å²) in [7, 11) is 0. The van der Waals surface area contributed by atoms with Gasteiger partial charge in [-0.15, -0.1) is 0 Å². The lowest BCUT2D eigenvalue weighted by atomic mass is 10.1. The molecule has 2 rings (SSSR count). The average Bonchev–Trinajstić information content (AvgIpc) is 2.37. The molecule has 2 amide bonds. The van der Waals surface area contributed by atoms with Gasteiger partial charge >= 0.3 is 6.03 Å². The van der Waals surface area contributed by atoms with Crippen LogP contribution in [0.25, 0.3) is 0 Å². The maximum absolute atomic E-state index is 11.2. The number of allylic oxidation sites excluding steroid dienone is 4. The molecule has 21 heavy (non-hydrogen) atoms. The highest BCUT2D eigenvalue weighted by molar-refractivity contribution is 6.48. The molecular formula is C14H12ClN3O3. The van der Waals surface area contributed by atoms with Gasteiger partial charge in [0.2, 0.25) is 0 Å². The Hall–Kier alpha value is -2.60. The molecule has 0 heterocycles. The molecule has 1 aromatic rings. The van der Waals surface area contributed by atoms with E-state index in [1.807, 2.05) is 0 Å². The molecule has 0 aromatic heterocycles. The molecule has 0 saturated heterocycles. The van der Waals surface area contributed by atoms with Crippen molar-refractivity contribution in [3.05, 3.63) is 41.0 Å². The molecule has 0 fully saturated rings. The molecule has 6 nitrogen and oxygen atoms in total. The highest BCUT2D eigenvalue weighted by atomic mass is 35.5. The van der Waals surface area contributed by atoms with E-state index in [0.29, 0.717) is 17.0 Å². The second-order valence-electron chi connectivity index (χ2n) is 4.37. The third-order valence-electron chi connectivity index (χ3n) is 2.73. The van der Waals surface area contributed by atoms with Crippen LogP contribution in [0.2, 0.25) is 0 Å². The topological polar surface area (TPSA) is 105 Å². The van der Waals surface area contributed by atoms with E-state index in [4.69, 9.17) is 17.3 Å². The smallest absolute Gasteiger partial charge is 0.316 e. The van der Waals surface area contributed by atoms with Crippen molar-refractivity contribution in [3.8, 4) is 5.75 Å². The lowest BCUT2D eigenvalue weighted by Crippen LogP contribution is -2.19. The number of primary amides is 1. The van der Waals surface area contributed by atoms with Gasteiger partial charge < -0.3 is 16.2 Å². The van der Waals surface area contributed by atoms with Gasteiger partial charge in [-0.1, -0.05) is 11.6 Å². The summed E-state index contributed by atoms with van der Waals surface area (Å²) in [6.07, 6.45) is 4.11. The van der Waals surface area contributed by atoms with Crippen LogP contribution in [0.3, 0.4) is 0 Å². The van der Waals surface area contributed by atoms with Crippen molar-refractivity contribution < 1.29 is 14.7 Å². The Morgan fingerprint density at radius 3 is 2.71 bits per heavy atom. The van der Waals surface area contributed by atoms with E-state index in [1.165, 1.54) is 30.4 Å². The number of aromatic hydroxyl groups is 1. The number of nitrogens with two attached hydrogens (primary N) is 1. The summed E-state index contributed by atoms with van der Waals surface area (Å²) < 4.78 is 0. The van der Waals surface area contributed by atoms with E-state index in [-0.39, 0.29) is 22.3 Å². The maximum Gasteiger partial charge on any atom is 0.316 e. The molecule has 0 atom stereocenters. The molecule has 0 aliphatic heterocycles. The number of benzene rings is 1. The Morgan fingerprint density at radius 1 is 1.38 bits per heavy atom. The van der Waals surface area contributed by atoms with Crippen molar-refractivity contribution in [3.63, 3.8) is 0 Å². The fourth-order valence-corrected chi connectivity index (χ4v) is 1.96. The van der Waals surface area contributed by atoms with E-state index < -0.39 is 6.03 Å². The molecule has 0 radical (unpaired) electrons. The van der Waals surface area contributed by atoms with Crippen LogP contribution in [-0.2, 0) is 4.79 Å². The van der Waals surface area contributed by atoms with Crippen LogP contribution in [0.4, 0.5) is 16.2 Å². The van der Waals surface area contributed by atoms with Gasteiger partial charge in [-0.3, -0.25) is 4.79 Å². The van der Waals surface area contributed by atoms with Crippen molar-refractivity contribution in [2.24, 2.45) is 10.7 Å². The zero-order chi connectivity index (χ0) is 15.6. The predicted octanol–water partition coefficient (Wildman–Crippen LogP) is 2.53. The molecule has 108 valence electrons. The Balaban J connectivity index is 2.45. The lowest BCUT2D eigenvalue weighted by Gasteiger charge is -2.10. The molecule has 7 heteroatoms. The summed E-state index contributed by atoms with van der Waals surface area (Å²) >= 11 is 5.95. The minimum absolute atomic E-state index is 0.119. The SMILES string of the molecule is Cc1cc(O)c(NC(N)=O)cc1N=C1C=CC(=O)C=C1Cl. The first kappa shape index (κ1) is 14.8. The van der Waals surface area contributed by atoms with E-state index in [2.05, 4.69) is 10.3 Å². The predicted molar refractivity (Wildman–Crippen MR) is 81.2 cm³/mol. The quantitative estimate of drug-likeness (QED) is 0.577. The van der Waals surface area contributed by atoms with Gasteiger partial charge in [0.1, 0.15) is 5.75 Å². The van der Waals surface area contributed by atoms with Crippen molar-refractivity contribution in [1.29, 1.82) is 0 Å². The van der Waals surface area contributed by atoms with Crippen LogP contribution in [0.1, 0.15) is 5.56 Å².